The van der Waals surface area contributed by atoms with Gasteiger partial charge in [-0.2, -0.15) is 0 Å². The number of carbonyl (C=O) groups is 2. The molecule has 5 nitrogen and oxygen atoms in total. The monoisotopic (exact) mass is 290 g/mol. The van der Waals surface area contributed by atoms with Gasteiger partial charge < -0.3 is 20.0 Å². The Labute approximate surface area is 114 Å². The predicted octanol–water partition coefficient (Wildman–Crippen LogP) is 0.627. The molecule has 1 rings (SSSR count). The summed E-state index contributed by atoms with van der Waals surface area (Å²) in [6, 6.07) is 3.46. The van der Waals surface area contributed by atoms with Crippen LogP contribution in [0.3, 0.4) is 0 Å². The number of ether oxygens (including phenoxy) is 1. The fraction of sp³-hybridized carbons (Fsp3) is 0.273. The second kappa shape index (κ2) is 6.47. The number of amides is 1. The van der Waals surface area contributed by atoms with E-state index in [1.807, 2.05) is 0 Å². The van der Waals surface area contributed by atoms with Crippen LogP contribution in [-0.2, 0) is 9.59 Å². The molecule has 0 bridgehead atoms. The summed E-state index contributed by atoms with van der Waals surface area (Å²) in [4.78, 5) is 21.7. The molecule has 0 aliphatic rings. The molecule has 0 unspecified atom stereocenters. The van der Waals surface area contributed by atoms with Crippen LogP contribution in [0.1, 0.15) is 6.92 Å². The van der Waals surface area contributed by atoms with Crippen molar-refractivity contribution in [2.24, 2.45) is 0 Å². The molecule has 0 saturated carbocycles. The first-order valence-corrected chi connectivity index (χ1v) is 5.74. The Bertz CT molecular complexity index is 464. The number of carbonyl (C=O) groups excluding carboxylic acids is 2. The molecule has 1 aromatic carbocycles. The van der Waals surface area contributed by atoms with E-state index in [1.54, 1.807) is 6.07 Å². The average molecular weight is 291 g/mol. The molecule has 0 aliphatic heterocycles. The molecular formula is C11H10Cl2NO4-. The van der Waals surface area contributed by atoms with E-state index >= 15 is 0 Å². The lowest BCUT2D eigenvalue weighted by Gasteiger charge is -2.15. The lowest BCUT2D eigenvalue weighted by Crippen LogP contribution is -2.47. The van der Waals surface area contributed by atoms with E-state index in [0.29, 0.717) is 5.02 Å². The summed E-state index contributed by atoms with van der Waals surface area (Å²) in [7, 11) is 0. The van der Waals surface area contributed by atoms with Crippen molar-refractivity contribution in [2.45, 2.75) is 13.0 Å². The summed E-state index contributed by atoms with van der Waals surface area (Å²) in [6.07, 6.45) is 0. The first kappa shape index (κ1) is 14.6. The Kier molecular flexibility index (Phi) is 5.25. The van der Waals surface area contributed by atoms with Crippen LogP contribution in [0.25, 0.3) is 0 Å². The van der Waals surface area contributed by atoms with Gasteiger partial charge in [0.15, 0.2) is 6.61 Å². The molecule has 1 aromatic rings. The van der Waals surface area contributed by atoms with Crippen molar-refractivity contribution in [3.05, 3.63) is 28.2 Å². The number of hydrogen-bond donors (Lipinski definition) is 1. The molecule has 0 saturated heterocycles. The maximum atomic E-state index is 11.3. The van der Waals surface area contributed by atoms with Crippen LogP contribution in [0.2, 0.25) is 10.0 Å². The zero-order valence-electron chi connectivity index (χ0n) is 9.41. The van der Waals surface area contributed by atoms with Crippen molar-refractivity contribution in [3.8, 4) is 5.75 Å². The van der Waals surface area contributed by atoms with E-state index in [0.717, 1.165) is 0 Å². The summed E-state index contributed by atoms with van der Waals surface area (Å²) < 4.78 is 5.12. The molecule has 1 atom stereocenters. The maximum Gasteiger partial charge on any atom is 0.258 e. The van der Waals surface area contributed by atoms with Gasteiger partial charge in [0.25, 0.3) is 5.91 Å². The van der Waals surface area contributed by atoms with Crippen molar-refractivity contribution in [2.75, 3.05) is 6.61 Å². The predicted molar refractivity (Wildman–Crippen MR) is 64.6 cm³/mol. The number of benzene rings is 1. The lowest BCUT2D eigenvalue weighted by molar-refractivity contribution is -0.307. The minimum absolute atomic E-state index is 0.267. The molecule has 0 radical (unpaired) electrons. The Balaban J connectivity index is 2.50. The first-order chi connectivity index (χ1) is 8.40. The van der Waals surface area contributed by atoms with Crippen LogP contribution in [0.5, 0.6) is 5.75 Å². The quantitative estimate of drug-likeness (QED) is 0.863. The number of nitrogens with one attached hydrogen (secondary N) is 1. The van der Waals surface area contributed by atoms with Crippen LogP contribution in [0.4, 0.5) is 0 Å². The third-order valence-corrected chi connectivity index (χ3v) is 2.51. The van der Waals surface area contributed by atoms with Gasteiger partial charge in [-0.25, -0.2) is 0 Å². The number of halogens is 2. The fourth-order valence-corrected chi connectivity index (χ4v) is 1.54. The van der Waals surface area contributed by atoms with E-state index in [1.165, 1.54) is 19.1 Å². The maximum absolute atomic E-state index is 11.3. The third-order valence-electron chi connectivity index (χ3n) is 1.98. The van der Waals surface area contributed by atoms with Gasteiger partial charge in [-0.15, -0.1) is 0 Å². The molecule has 98 valence electrons. The van der Waals surface area contributed by atoms with Crippen molar-refractivity contribution in [1.29, 1.82) is 0 Å². The molecule has 0 fully saturated rings. The SMILES string of the molecule is C[C@H](NC(=O)COc1ccc(Cl)cc1Cl)C(=O)[O-]. The molecule has 0 heterocycles. The molecule has 18 heavy (non-hydrogen) atoms. The van der Waals surface area contributed by atoms with E-state index in [4.69, 9.17) is 27.9 Å². The van der Waals surface area contributed by atoms with Gasteiger partial charge in [-0.1, -0.05) is 23.2 Å². The van der Waals surface area contributed by atoms with Crippen LogP contribution in [0, 0.1) is 0 Å². The highest BCUT2D eigenvalue weighted by Gasteiger charge is 2.10. The van der Waals surface area contributed by atoms with Gasteiger partial charge in [0.1, 0.15) is 5.75 Å². The highest BCUT2D eigenvalue weighted by molar-refractivity contribution is 6.35. The molecule has 1 N–H and O–H groups in total. The van der Waals surface area contributed by atoms with Gasteiger partial charge >= 0.3 is 0 Å². The normalized spacial score (nSPS) is 11.7. The highest BCUT2D eigenvalue weighted by atomic mass is 35.5. The standard InChI is InChI=1S/C11H11Cl2NO4/c1-6(11(16)17)14-10(15)5-18-9-3-2-7(12)4-8(9)13/h2-4,6H,5H2,1H3,(H,14,15)(H,16,17)/p-1/t6-/m0/s1. The van der Waals surface area contributed by atoms with Crippen molar-refractivity contribution in [3.63, 3.8) is 0 Å². The second-order valence-electron chi connectivity index (χ2n) is 3.47. The van der Waals surface area contributed by atoms with Gasteiger partial charge in [-0.05, 0) is 25.1 Å². The lowest BCUT2D eigenvalue weighted by atomic mass is 10.3. The van der Waals surface area contributed by atoms with Crippen LogP contribution in [0.15, 0.2) is 18.2 Å². The number of hydrogen-bond acceptors (Lipinski definition) is 4. The Hall–Kier alpha value is -1.46. The summed E-state index contributed by atoms with van der Waals surface area (Å²) in [6.45, 7) is 0.946. The van der Waals surface area contributed by atoms with E-state index in [2.05, 4.69) is 5.32 Å². The smallest absolute Gasteiger partial charge is 0.258 e. The number of carboxylic acids is 1. The van der Waals surface area contributed by atoms with E-state index < -0.39 is 17.9 Å². The van der Waals surface area contributed by atoms with Crippen LogP contribution >= 0.6 is 23.2 Å². The average Bonchev–Trinajstić information content (AvgIpc) is 2.27. The van der Waals surface area contributed by atoms with Crippen molar-refractivity contribution >= 4 is 35.1 Å². The van der Waals surface area contributed by atoms with Gasteiger partial charge in [0.2, 0.25) is 0 Å². The topological polar surface area (TPSA) is 78.5 Å². The molecular weight excluding hydrogens is 281 g/mol. The van der Waals surface area contributed by atoms with Gasteiger partial charge in [-0.3, -0.25) is 4.79 Å². The van der Waals surface area contributed by atoms with Crippen molar-refractivity contribution in [1.82, 2.24) is 5.32 Å². The molecule has 0 aromatic heterocycles. The van der Waals surface area contributed by atoms with E-state index in [-0.39, 0.29) is 17.4 Å². The summed E-state index contributed by atoms with van der Waals surface area (Å²) in [5.41, 5.74) is 0. The highest BCUT2D eigenvalue weighted by Crippen LogP contribution is 2.27. The Morgan fingerprint density at radius 1 is 1.44 bits per heavy atom. The largest absolute Gasteiger partial charge is 0.548 e. The Morgan fingerprint density at radius 3 is 2.67 bits per heavy atom. The molecule has 0 spiro atoms. The second-order valence-corrected chi connectivity index (χ2v) is 4.32. The van der Waals surface area contributed by atoms with E-state index in [9.17, 15) is 14.7 Å². The number of carboxylic acid groups (broad SMARTS) is 1. The number of rotatable bonds is 5. The summed E-state index contributed by atoms with van der Waals surface area (Å²) in [5.74, 6) is -1.66. The van der Waals surface area contributed by atoms with Crippen LogP contribution < -0.4 is 15.2 Å². The fourth-order valence-electron chi connectivity index (χ4n) is 1.08. The third kappa shape index (κ3) is 4.43. The Morgan fingerprint density at radius 2 is 2.11 bits per heavy atom. The molecule has 7 heteroatoms. The zero-order valence-corrected chi connectivity index (χ0v) is 10.9. The number of aliphatic carboxylic acids is 1. The summed E-state index contributed by atoms with van der Waals surface area (Å²) >= 11 is 11.5. The van der Waals surface area contributed by atoms with Gasteiger partial charge in [0, 0.05) is 5.02 Å². The minimum atomic E-state index is -1.37. The molecule has 0 aliphatic carbocycles. The summed E-state index contributed by atoms with van der Waals surface area (Å²) in [5, 5.41) is 13.3. The zero-order chi connectivity index (χ0) is 13.7. The van der Waals surface area contributed by atoms with Crippen LogP contribution in [-0.4, -0.2) is 24.5 Å². The molecule has 1 amide bonds. The first-order valence-electron chi connectivity index (χ1n) is 4.98. The van der Waals surface area contributed by atoms with Crippen molar-refractivity contribution < 1.29 is 19.4 Å². The minimum Gasteiger partial charge on any atom is -0.548 e. The van der Waals surface area contributed by atoms with Gasteiger partial charge in [0.05, 0.1) is 17.0 Å².